The van der Waals surface area contributed by atoms with Gasteiger partial charge in [-0.2, -0.15) is 0 Å². The van der Waals surface area contributed by atoms with Crippen LogP contribution in [0.5, 0.6) is 0 Å². The molecule has 0 aliphatic rings. The molecule has 0 heterocycles. The Morgan fingerprint density at radius 1 is 0.727 bits per heavy atom. The second-order valence-electron chi connectivity index (χ2n) is 4.61. The minimum Gasteiger partial charge on any atom is -0.480 e. The summed E-state index contributed by atoms with van der Waals surface area (Å²) in [6, 6.07) is 0. The van der Waals surface area contributed by atoms with Crippen molar-refractivity contribution in [2.75, 3.05) is 39.3 Å². The van der Waals surface area contributed by atoms with E-state index < -0.39 is 25.0 Å². The zero-order valence-corrected chi connectivity index (χ0v) is 16.1. The Hall–Kier alpha value is -0.281. The Kier molecular flexibility index (Phi) is 17.3. The Balaban J connectivity index is -0.00000180. The van der Waals surface area contributed by atoms with Crippen molar-refractivity contribution in [3.63, 3.8) is 0 Å². The van der Waals surface area contributed by atoms with Crippen LogP contribution in [0.25, 0.3) is 0 Å². The minimum atomic E-state index is -1.13. The van der Waals surface area contributed by atoms with Gasteiger partial charge in [-0.05, 0) is 13.8 Å². The van der Waals surface area contributed by atoms with Gasteiger partial charge in [-0.15, -0.1) is 0 Å². The molecular formula is C12H20FeN2NaO6+3. The molecule has 0 saturated heterocycles. The third-order valence-electron chi connectivity index (χ3n) is 2.34. The average Bonchev–Trinajstić information content (AvgIpc) is 2.22. The van der Waals surface area contributed by atoms with Gasteiger partial charge in [0.1, 0.15) is 11.6 Å². The summed E-state index contributed by atoms with van der Waals surface area (Å²) in [4.78, 5) is 46.2. The van der Waals surface area contributed by atoms with Crippen LogP contribution in [-0.2, 0) is 36.2 Å². The van der Waals surface area contributed by atoms with Gasteiger partial charge < -0.3 is 10.2 Å². The van der Waals surface area contributed by atoms with Crippen LogP contribution in [0.15, 0.2) is 0 Å². The summed E-state index contributed by atoms with van der Waals surface area (Å²) < 4.78 is 0. The van der Waals surface area contributed by atoms with E-state index in [0.717, 1.165) is 0 Å². The van der Waals surface area contributed by atoms with E-state index in [-0.39, 0.29) is 84.4 Å². The molecule has 10 heteroatoms. The van der Waals surface area contributed by atoms with Crippen molar-refractivity contribution in [1.82, 2.24) is 9.80 Å². The molecule has 0 atom stereocenters. The topological polar surface area (TPSA) is 115 Å². The molecule has 0 aromatic carbocycles. The van der Waals surface area contributed by atoms with Crippen LogP contribution in [0.2, 0.25) is 0 Å². The Morgan fingerprint density at radius 2 is 1.00 bits per heavy atom. The first-order valence-corrected chi connectivity index (χ1v) is 6.08. The number of aliphatic carboxylic acids is 2. The van der Waals surface area contributed by atoms with E-state index in [4.69, 9.17) is 10.2 Å². The SMILES string of the molecule is CC(=O)CN(CCN(CC(=O)O)CC(=O)O)CC(C)=O.[Fe+2].[Na+]. The van der Waals surface area contributed by atoms with Crippen LogP contribution in [-0.4, -0.2) is 82.8 Å². The van der Waals surface area contributed by atoms with Crippen LogP contribution in [0, 0.1) is 0 Å². The molecule has 0 saturated carbocycles. The second-order valence-corrected chi connectivity index (χ2v) is 4.61. The smallest absolute Gasteiger partial charge is 0.480 e. The molecule has 0 aliphatic heterocycles. The summed E-state index contributed by atoms with van der Waals surface area (Å²) >= 11 is 0. The molecule has 8 nitrogen and oxygen atoms in total. The maximum atomic E-state index is 11.1. The van der Waals surface area contributed by atoms with Gasteiger partial charge in [0.2, 0.25) is 0 Å². The molecule has 0 aromatic heterocycles. The van der Waals surface area contributed by atoms with Crippen molar-refractivity contribution in [3.05, 3.63) is 0 Å². The van der Waals surface area contributed by atoms with Crippen molar-refractivity contribution in [1.29, 1.82) is 0 Å². The van der Waals surface area contributed by atoms with Crippen molar-refractivity contribution in [3.8, 4) is 0 Å². The number of carboxylic acid groups (broad SMARTS) is 2. The number of carbonyl (C=O) groups excluding carboxylic acids is 2. The number of nitrogens with zero attached hydrogens (tertiary/aromatic N) is 2. The van der Waals surface area contributed by atoms with Crippen molar-refractivity contribution >= 4 is 23.5 Å². The van der Waals surface area contributed by atoms with Crippen molar-refractivity contribution < 1.29 is 76.0 Å². The Morgan fingerprint density at radius 3 is 1.23 bits per heavy atom. The molecule has 0 radical (unpaired) electrons. The maximum absolute atomic E-state index is 11.1. The van der Waals surface area contributed by atoms with Gasteiger partial charge in [-0.1, -0.05) is 0 Å². The third kappa shape index (κ3) is 16.1. The average molecular weight is 367 g/mol. The van der Waals surface area contributed by atoms with E-state index in [2.05, 4.69) is 0 Å². The number of hydrogen-bond acceptors (Lipinski definition) is 6. The number of carbonyl (C=O) groups is 4. The summed E-state index contributed by atoms with van der Waals surface area (Å²) in [6.45, 7) is 2.53. The van der Waals surface area contributed by atoms with Gasteiger partial charge in [0.15, 0.2) is 0 Å². The Labute approximate surface area is 162 Å². The van der Waals surface area contributed by atoms with Gasteiger partial charge in [-0.3, -0.25) is 29.0 Å². The van der Waals surface area contributed by atoms with Crippen LogP contribution < -0.4 is 29.6 Å². The molecule has 0 rings (SSSR count). The molecule has 120 valence electrons. The standard InChI is InChI=1S/C12H20N2O6.Fe.Na/c1-9(15)5-13(6-10(2)16)3-4-14(7-11(17)18)8-12(19)20;;/h3-8H2,1-2H3,(H,17,18)(H,19,20);;/q;+2;+1. The Bertz CT molecular complexity index is 326. The fraction of sp³-hybridized carbons (Fsp3) is 0.667. The van der Waals surface area contributed by atoms with Crippen LogP contribution in [0.3, 0.4) is 0 Å². The van der Waals surface area contributed by atoms with E-state index in [9.17, 15) is 19.2 Å². The molecule has 0 amide bonds. The number of hydrogen-bond donors (Lipinski definition) is 2. The largest absolute Gasteiger partial charge is 2.00 e. The predicted molar refractivity (Wildman–Crippen MR) is 69.5 cm³/mol. The van der Waals surface area contributed by atoms with Crippen molar-refractivity contribution in [2.45, 2.75) is 13.8 Å². The van der Waals surface area contributed by atoms with Crippen LogP contribution >= 0.6 is 0 Å². The van der Waals surface area contributed by atoms with E-state index in [1.807, 2.05) is 0 Å². The van der Waals surface area contributed by atoms with Crippen LogP contribution in [0.4, 0.5) is 0 Å². The van der Waals surface area contributed by atoms with Crippen molar-refractivity contribution in [2.24, 2.45) is 0 Å². The zero-order chi connectivity index (χ0) is 15.7. The summed E-state index contributed by atoms with van der Waals surface area (Å²) in [5.74, 6) is -2.49. The molecule has 0 spiro atoms. The van der Waals surface area contributed by atoms with Gasteiger partial charge in [0.05, 0.1) is 26.2 Å². The molecule has 0 fully saturated rings. The molecule has 0 aliphatic carbocycles. The van der Waals surface area contributed by atoms with Gasteiger partial charge in [0, 0.05) is 13.1 Å². The first kappa shape index (κ1) is 26.6. The minimum absolute atomic E-state index is 0. The quantitative estimate of drug-likeness (QED) is 0.355. The van der Waals surface area contributed by atoms with E-state index in [1.54, 1.807) is 4.90 Å². The predicted octanol–water partition coefficient (Wildman–Crippen LogP) is -4.06. The summed E-state index contributed by atoms with van der Waals surface area (Å²) in [6.07, 6.45) is 0. The fourth-order valence-corrected chi connectivity index (χ4v) is 1.72. The fourth-order valence-electron chi connectivity index (χ4n) is 1.72. The van der Waals surface area contributed by atoms with Gasteiger partial charge in [-0.25, -0.2) is 0 Å². The van der Waals surface area contributed by atoms with Crippen LogP contribution in [0.1, 0.15) is 13.8 Å². The zero-order valence-electron chi connectivity index (χ0n) is 13.0. The number of carboxylic acids is 2. The monoisotopic (exact) mass is 367 g/mol. The van der Waals surface area contributed by atoms with E-state index >= 15 is 0 Å². The van der Waals surface area contributed by atoms with Gasteiger partial charge >= 0.3 is 58.6 Å². The van der Waals surface area contributed by atoms with E-state index in [0.29, 0.717) is 0 Å². The number of rotatable bonds is 11. The summed E-state index contributed by atoms with van der Waals surface area (Å²) in [7, 11) is 0. The molecular weight excluding hydrogens is 347 g/mol. The molecule has 0 aromatic rings. The second kappa shape index (κ2) is 14.3. The maximum Gasteiger partial charge on any atom is 2.00 e. The molecule has 0 unspecified atom stereocenters. The third-order valence-corrected chi connectivity index (χ3v) is 2.34. The molecule has 22 heavy (non-hydrogen) atoms. The summed E-state index contributed by atoms with van der Waals surface area (Å²) in [5.41, 5.74) is 0. The normalized spacial score (nSPS) is 9.82. The van der Waals surface area contributed by atoms with E-state index in [1.165, 1.54) is 18.7 Å². The summed E-state index contributed by atoms with van der Waals surface area (Å²) in [5, 5.41) is 17.4. The first-order chi connectivity index (χ1) is 9.20. The number of Topliss-reactive ketones (excluding diaryl/α,β-unsaturated/α-hetero) is 2. The first-order valence-electron chi connectivity index (χ1n) is 6.08. The molecule has 2 N–H and O–H groups in total. The molecule has 0 bridgehead atoms. The number of ketones is 2. The van der Waals surface area contributed by atoms with Gasteiger partial charge in [0.25, 0.3) is 0 Å².